The van der Waals surface area contributed by atoms with Gasteiger partial charge in [-0.3, -0.25) is 4.79 Å². The molecule has 4 nitrogen and oxygen atoms in total. The summed E-state index contributed by atoms with van der Waals surface area (Å²) >= 11 is 1.18. The van der Waals surface area contributed by atoms with Crippen LogP contribution in [-0.2, 0) is 0 Å². The van der Waals surface area contributed by atoms with Crippen molar-refractivity contribution in [3.05, 3.63) is 65.4 Å². The number of carbonyl (C=O) groups excluding carboxylic acids is 1. The van der Waals surface area contributed by atoms with Crippen molar-refractivity contribution in [1.82, 2.24) is 4.98 Å². The third-order valence-corrected chi connectivity index (χ3v) is 5.78. The Kier molecular flexibility index (Phi) is 4.90. The Hall–Kier alpha value is -2.73. The van der Waals surface area contributed by atoms with E-state index in [1.54, 1.807) is 18.2 Å². The van der Waals surface area contributed by atoms with E-state index < -0.39 is 0 Å². The Morgan fingerprint density at radius 2 is 2.00 bits per heavy atom. The predicted octanol–water partition coefficient (Wildman–Crippen LogP) is 5.05. The van der Waals surface area contributed by atoms with Crippen molar-refractivity contribution in [2.24, 2.45) is 5.92 Å². The second-order valence-electron chi connectivity index (χ2n) is 6.85. The van der Waals surface area contributed by atoms with Crippen LogP contribution >= 0.6 is 11.3 Å². The first kappa shape index (κ1) is 17.7. The average molecular weight is 381 g/mol. The van der Waals surface area contributed by atoms with Gasteiger partial charge in [0.2, 0.25) is 0 Å². The summed E-state index contributed by atoms with van der Waals surface area (Å²) in [6.45, 7) is 4.41. The molecule has 2 aromatic carbocycles. The van der Waals surface area contributed by atoms with Crippen molar-refractivity contribution >= 4 is 28.6 Å². The highest BCUT2D eigenvalue weighted by Crippen LogP contribution is 2.28. The molecule has 3 aromatic rings. The lowest BCUT2D eigenvalue weighted by atomic mass is 10.2. The van der Waals surface area contributed by atoms with Gasteiger partial charge in [-0.1, -0.05) is 19.1 Å². The number of anilines is 2. The molecule has 1 amide bonds. The number of benzene rings is 2. The van der Waals surface area contributed by atoms with Crippen LogP contribution in [0.5, 0.6) is 0 Å². The Morgan fingerprint density at radius 1 is 1.22 bits per heavy atom. The van der Waals surface area contributed by atoms with Crippen molar-refractivity contribution in [2.45, 2.75) is 13.3 Å². The minimum Gasteiger partial charge on any atom is -0.371 e. The summed E-state index contributed by atoms with van der Waals surface area (Å²) in [5.74, 6) is 0.141. The topological polar surface area (TPSA) is 45.2 Å². The molecule has 2 heterocycles. The van der Waals surface area contributed by atoms with Gasteiger partial charge in [0.25, 0.3) is 5.91 Å². The first-order chi connectivity index (χ1) is 13.1. The molecular formula is C21H20FN3OS. The van der Waals surface area contributed by atoms with Gasteiger partial charge >= 0.3 is 0 Å². The maximum atomic E-state index is 13.9. The lowest BCUT2D eigenvalue weighted by molar-refractivity contribution is 0.103. The smallest absolute Gasteiger partial charge is 0.267 e. The Morgan fingerprint density at radius 3 is 2.70 bits per heavy atom. The number of hydrogen-bond acceptors (Lipinski definition) is 4. The summed E-state index contributed by atoms with van der Waals surface area (Å²) in [5.41, 5.74) is 2.32. The highest BCUT2D eigenvalue weighted by atomic mass is 32.1. The van der Waals surface area contributed by atoms with Crippen LogP contribution in [0.2, 0.25) is 0 Å². The molecule has 6 heteroatoms. The fraction of sp³-hybridized carbons (Fsp3) is 0.238. The maximum absolute atomic E-state index is 13.9. The van der Waals surface area contributed by atoms with Crippen LogP contribution in [0.3, 0.4) is 0 Å². The second kappa shape index (κ2) is 7.48. The molecule has 1 aliphatic rings. The maximum Gasteiger partial charge on any atom is 0.267 e. The summed E-state index contributed by atoms with van der Waals surface area (Å²) in [5, 5.41) is 3.38. The molecule has 1 aliphatic heterocycles. The lowest BCUT2D eigenvalue weighted by Crippen LogP contribution is -2.19. The van der Waals surface area contributed by atoms with Crippen molar-refractivity contribution in [2.75, 3.05) is 23.3 Å². The van der Waals surface area contributed by atoms with E-state index in [0.29, 0.717) is 15.4 Å². The number of halogens is 1. The Balaban J connectivity index is 1.44. The molecular weight excluding hydrogens is 361 g/mol. The van der Waals surface area contributed by atoms with Crippen molar-refractivity contribution in [3.63, 3.8) is 0 Å². The molecule has 0 saturated carbocycles. The summed E-state index contributed by atoms with van der Waals surface area (Å²) in [7, 11) is 0. The van der Waals surface area contributed by atoms with E-state index in [2.05, 4.69) is 22.1 Å². The number of hydrogen-bond donors (Lipinski definition) is 1. The molecule has 0 bridgehead atoms. The zero-order valence-electron chi connectivity index (χ0n) is 15.0. The van der Waals surface area contributed by atoms with E-state index in [9.17, 15) is 9.18 Å². The molecule has 0 spiro atoms. The molecule has 27 heavy (non-hydrogen) atoms. The third kappa shape index (κ3) is 3.85. The van der Waals surface area contributed by atoms with E-state index in [4.69, 9.17) is 0 Å². The molecule has 0 aliphatic carbocycles. The zero-order chi connectivity index (χ0) is 18.8. The largest absolute Gasteiger partial charge is 0.371 e. The van der Waals surface area contributed by atoms with Gasteiger partial charge < -0.3 is 10.2 Å². The standard InChI is InChI=1S/C21H20FN3OS/c1-14-10-11-25(13-14)16-8-6-15(7-9-16)24-20(26)19-12-23-21(27-19)17-4-2-3-5-18(17)22/h2-9,12,14H,10-11,13H2,1H3,(H,24,26). The molecule has 1 unspecified atom stereocenters. The normalized spacial score (nSPS) is 16.5. The van der Waals surface area contributed by atoms with Gasteiger partial charge in [-0.2, -0.15) is 0 Å². The number of carbonyl (C=O) groups is 1. The molecule has 1 fully saturated rings. The fourth-order valence-corrected chi connectivity index (χ4v) is 4.09. The monoisotopic (exact) mass is 381 g/mol. The van der Waals surface area contributed by atoms with Crippen molar-refractivity contribution < 1.29 is 9.18 Å². The van der Waals surface area contributed by atoms with Crippen LogP contribution in [0, 0.1) is 11.7 Å². The van der Waals surface area contributed by atoms with Gasteiger partial charge in [-0.05, 0) is 48.7 Å². The van der Waals surface area contributed by atoms with Gasteiger partial charge in [-0.15, -0.1) is 11.3 Å². The lowest BCUT2D eigenvalue weighted by Gasteiger charge is -2.18. The molecule has 1 saturated heterocycles. The summed E-state index contributed by atoms with van der Waals surface area (Å²) < 4.78 is 13.9. The van der Waals surface area contributed by atoms with Crippen molar-refractivity contribution in [3.8, 4) is 10.6 Å². The minimum atomic E-state index is -0.342. The molecule has 0 radical (unpaired) electrons. The van der Waals surface area contributed by atoms with E-state index in [0.717, 1.165) is 24.7 Å². The highest BCUT2D eigenvalue weighted by molar-refractivity contribution is 7.17. The Bertz CT molecular complexity index is 954. The van der Waals surface area contributed by atoms with Crippen LogP contribution in [0.25, 0.3) is 10.6 Å². The number of nitrogens with zero attached hydrogens (tertiary/aromatic N) is 2. The number of amides is 1. The number of thiazole rings is 1. The predicted molar refractivity (Wildman–Crippen MR) is 108 cm³/mol. The van der Waals surface area contributed by atoms with Crippen LogP contribution in [0.1, 0.15) is 23.0 Å². The third-order valence-electron chi connectivity index (χ3n) is 4.75. The number of nitrogens with one attached hydrogen (secondary N) is 1. The molecule has 1 N–H and O–H groups in total. The first-order valence-corrected chi connectivity index (χ1v) is 9.79. The second-order valence-corrected chi connectivity index (χ2v) is 7.88. The quantitative estimate of drug-likeness (QED) is 0.688. The number of rotatable bonds is 4. The van der Waals surface area contributed by atoms with E-state index in [1.807, 2.05) is 24.3 Å². The molecule has 4 rings (SSSR count). The summed E-state index contributed by atoms with van der Waals surface area (Å²) in [4.78, 5) is 19.5. The van der Waals surface area contributed by atoms with Crippen LogP contribution in [0.15, 0.2) is 54.7 Å². The fourth-order valence-electron chi connectivity index (χ4n) is 3.26. The van der Waals surface area contributed by atoms with Gasteiger partial charge in [0.15, 0.2) is 0 Å². The molecule has 138 valence electrons. The minimum absolute atomic E-state index is 0.238. The van der Waals surface area contributed by atoms with Gasteiger partial charge in [0.1, 0.15) is 15.7 Å². The van der Waals surface area contributed by atoms with Crippen LogP contribution < -0.4 is 10.2 Å². The van der Waals surface area contributed by atoms with E-state index >= 15 is 0 Å². The highest BCUT2D eigenvalue weighted by Gasteiger charge is 2.19. The van der Waals surface area contributed by atoms with Crippen molar-refractivity contribution in [1.29, 1.82) is 0 Å². The summed E-state index contributed by atoms with van der Waals surface area (Å²) in [6, 6.07) is 14.3. The average Bonchev–Trinajstić information content (AvgIpc) is 3.32. The summed E-state index contributed by atoms with van der Waals surface area (Å²) in [6.07, 6.45) is 2.70. The first-order valence-electron chi connectivity index (χ1n) is 8.97. The van der Waals surface area contributed by atoms with Crippen LogP contribution in [-0.4, -0.2) is 24.0 Å². The Labute approximate surface area is 161 Å². The van der Waals surface area contributed by atoms with E-state index in [1.165, 1.54) is 35.7 Å². The zero-order valence-corrected chi connectivity index (χ0v) is 15.8. The van der Waals surface area contributed by atoms with Crippen LogP contribution in [0.4, 0.5) is 15.8 Å². The van der Waals surface area contributed by atoms with Gasteiger partial charge in [-0.25, -0.2) is 9.37 Å². The van der Waals surface area contributed by atoms with Gasteiger partial charge in [0.05, 0.1) is 6.20 Å². The van der Waals surface area contributed by atoms with Gasteiger partial charge in [0, 0.05) is 30.0 Å². The number of aromatic nitrogens is 1. The molecule has 1 aromatic heterocycles. The van der Waals surface area contributed by atoms with E-state index in [-0.39, 0.29) is 11.7 Å². The SMILES string of the molecule is CC1CCN(c2ccc(NC(=O)c3cnc(-c4ccccc4F)s3)cc2)C1. The molecule has 1 atom stereocenters.